The molecule has 0 fully saturated rings. The van der Waals surface area contributed by atoms with Crippen LogP contribution in [0.1, 0.15) is 51.4 Å². The summed E-state index contributed by atoms with van der Waals surface area (Å²) in [5, 5.41) is 7.65. The SMILES string of the molecule is CC(C)n1ncnc1CNCCCCCCI. The highest BCUT2D eigenvalue weighted by molar-refractivity contribution is 14.1. The quantitative estimate of drug-likeness (QED) is 0.423. The van der Waals surface area contributed by atoms with Gasteiger partial charge in [-0.05, 0) is 37.7 Å². The number of halogens is 1. The number of nitrogens with zero attached hydrogens (tertiary/aromatic N) is 3. The Morgan fingerprint density at radius 2 is 2.06 bits per heavy atom. The van der Waals surface area contributed by atoms with Crippen molar-refractivity contribution in [3.8, 4) is 0 Å². The molecule has 0 atom stereocenters. The highest BCUT2D eigenvalue weighted by Gasteiger charge is 2.06. The fourth-order valence-corrected chi connectivity index (χ4v) is 2.27. The van der Waals surface area contributed by atoms with Gasteiger partial charge in [-0.3, -0.25) is 0 Å². The maximum atomic E-state index is 4.27. The van der Waals surface area contributed by atoms with E-state index in [1.165, 1.54) is 30.1 Å². The highest BCUT2D eigenvalue weighted by atomic mass is 127. The molecule has 0 aromatic carbocycles. The van der Waals surface area contributed by atoms with E-state index in [9.17, 15) is 0 Å². The molecule has 1 N–H and O–H groups in total. The number of hydrogen-bond donors (Lipinski definition) is 1. The van der Waals surface area contributed by atoms with Gasteiger partial charge in [-0.15, -0.1) is 0 Å². The summed E-state index contributed by atoms with van der Waals surface area (Å²) in [7, 11) is 0. The molecule has 0 saturated carbocycles. The number of aromatic nitrogens is 3. The van der Waals surface area contributed by atoms with E-state index in [4.69, 9.17) is 0 Å². The fourth-order valence-electron chi connectivity index (χ4n) is 1.73. The molecule has 0 radical (unpaired) electrons. The van der Waals surface area contributed by atoms with Gasteiger partial charge < -0.3 is 5.32 Å². The molecule has 0 spiro atoms. The zero-order valence-corrected chi connectivity index (χ0v) is 13.0. The molecule has 0 aliphatic carbocycles. The van der Waals surface area contributed by atoms with E-state index in [1.54, 1.807) is 6.33 Å². The Hall–Kier alpha value is -0.170. The van der Waals surface area contributed by atoms with E-state index in [2.05, 4.69) is 51.8 Å². The van der Waals surface area contributed by atoms with Crippen LogP contribution in [0.4, 0.5) is 0 Å². The van der Waals surface area contributed by atoms with Crippen LogP contribution in [-0.2, 0) is 6.54 Å². The summed E-state index contributed by atoms with van der Waals surface area (Å²) in [6.07, 6.45) is 6.92. The maximum Gasteiger partial charge on any atom is 0.141 e. The van der Waals surface area contributed by atoms with Crippen LogP contribution in [0.2, 0.25) is 0 Å². The molecule has 1 aromatic rings. The van der Waals surface area contributed by atoms with E-state index in [-0.39, 0.29) is 0 Å². The van der Waals surface area contributed by atoms with Crippen LogP contribution in [0.3, 0.4) is 0 Å². The van der Waals surface area contributed by atoms with Crippen LogP contribution in [0.25, 0.3) is 0 Å². The summed E-state index contributed by atoms with van der Waals surface area (Å²) >= 11 is 2.44. The van der Waals surface area contributed by atoms with Crippen LogP contribution < -0.4 is 5.32 Å². The van der Waals surface area contributed by atoms with Crippen LogP contribution >= 0.6 is 22.6 Å². The summed E-state index contributed by atoms with van der Waals surface area (Å²) < 4.78 is 3.26. The van der Waals surface area contributed by atoms with Gasteiger partial charge in [0.05, 0.1) is 6.54 Å². The van der Waals surface area contributed by atoms with E-state index in [0.29, 0.717) is 6.04 Å². The zero-order chi connectivity index (χ0) is 12.5. The lowest BCUT2D eigenvalue weighted by Crippen LogP contribution is -2.19. The average molecular weight is 350 g/mol. The van der Waals surface area contributed by atoms with E-state index in [1.807, 2.05) is 4.68 Å². The molecule has 0 aliphatic rings. The van der Waals surface area contributed by atoms with Crippen LogP contribution in [0.5, 0.6) is 0 Å². The summed E-state index contributed by atoms with van der Waals surface area (Å²) in [5.74, 6) is 1.03. The molecule has 1 rings (SSSR count). The fraction of sp³-hybridized carbons (Fsp3) is 0.833. The second kappa shape index (κ2) is 8.85. The van der Waals surface area contributed by atoms with Gasteiger partial charge in [-0.2, -0.15) is 5.10 Å². The third kappa shape index (κ3) is 5.81. The Morgan fingerprint density at radius 1 is 1.29 bits per heavy atom. The first kappa shape index (κ1) is 14.9. The Balaban J connectivity index is 2.11. The second-order valence-electron chi connectivity index (χ2n) is 4.49. The van der Waals surface area contributed by atoms with Crippen molar-refractivity contribution in [1.29, 1.82) is 0 Å². The van der Waals surface area contributed by atoms with Crippen molar-refractivity contribution >= 4 is 22.6 Å². The molecule has 5 heteroatoms. The minimum absolute atomic E-state index is 0.387. The molecule has 0 unspecified atom stereocenters. The molecule has 17 heavy (non-hydrogen) atoms. The monoisotopic (exact) mass is 350 g/mol. The number of unbranched alkanes of at least 4 members (excludes halogenated alkanes) is 3. The van der Waals surface area contributed by atoms with Crippen molar-refractivity contribution in [3.63, 3.8) is 0 Å². The minimum Gasteiger partial charge on any atom is -0.310 e. The predicted molar refractivity (Wildman–Crippen MR) is 79.5 cm³/mol. The molecule has 0 bridgehead atoms. The third-order valence-corrected chi connectivity index (χ3v) is 3.42. The standard InChI is InChI=1S/C12H23IN4/c1-11(2)17-12(15-10-16-17)9-14-8-6-4-3-5-7-13/h10-11,14H,3-9H2,1-2H3. The highest BCUT2D eigenvalue weighted by Crippen LogP contribution is 2.05. The topological polar surface area (TPSA) is 42.7 Å². The van der Waals surface area contributed by atoms with Gasteiger partial charge in [-0.1, -0.05) is 35.4 Å². The summed E-state index contributed by atoms with van der Waals surface area (Å²) in [5.41, 5.74) is 0. The van der Waals surface area contributed by atoms with Gasteiger partial charge in [0, 0.05) is 6.04 Å². The van der Waals surface area contributed by atoms with Crippen LogP contribution in [0.15, 0.2) is 6.33 Å². The lowest BCUT2D eigenvalue weighted by molar-refractivity contribution is 0.486. The van der Waals surface area contributed by atoms with Crippen molar-refractivity contribution in [3.05, 3.63) is 12.2 Å². The number of hydrogen-bond acceptors (Lipinski definition) is 3. The Bertz CT molecular complexity index is 298. The lowest BCUT2D eigenvalue weighted by Gasteiger charge is -2.09. The predicted octanol–water partition coefficient (Wildman–Crippen LogP) is 2.94. The number of nitrogens with one attached hydrogen (secondary N) is 1. The first-order valence-electron chi connectivity index (χ1n) is 6.40. The maximum absolute atomic E-state index is 4.27. The van der Waals surface area contributed by atoms with Crippen molar-refractivity contribution in [2.75, 3.05) is 11.0 Å². The molecule has 1 aromatic heterocycles. The Kier molecular flexibility index (Phi) is 7.75. The van der Waals surface area contributed by atoms with Crippen molar-refractivity contribution < 1.29 is 0 Å². The van der Waals surface area contributed by atoms with Gasteiger partial charge in [-0.25, -0.2) is 9.67 Å². The van der Waals surface area contributed by atoms with Gasteiger partial charge >= 0.3 is 0 Å². The minimum atomic E-state index is 0.387. The van der Waals surface area contributed by atoms with Crippen LogP contribution in [0, 0.1) is 0 Å². The van der Waals surface area contributed by atoms with Crippen molar-refractivity contribution in [1.82, 2.24) is 20.1 Å². The summed E-state index contributed by atoms with van der Waals surface area (Å²) in [6, 6.07) is 0.387. The first-order chi connectivity index (χ1) is 8.25. The first-order valence-corrected chi connectivity index (χ1v) is 7.93. The summed E-state index contributed by atoms with van der Waals surface area (Å²) in [6.45, 7) is 6.15. The Labute approximate surface area is 118 Å². The van der Waals surface area contributed by atoms with E-state index >= 15 is 0 Å². The Morgan fingerprint density at radius 3 is 2.76 bits per heavy atom. The van der Waals surface area contributed by atoms with Gasteiger partial charge in [0.15, 0.2) is 0 Å². The summed E-state index contributed by atoms with van der Waals surface area (Å²) in [4.78, 5) is 4.27. The molecule has 1 heterocycles. The third-order valence-electron chi connectivity index (χ3n) is 2.66. The second-order valence-corrected chi connectivity index (χ2v) is 5.57. The molecule has 0 amide bonds. The zero-order valence-electron chi connectivity index (χ0n) is 10.8. The van der Waals surface area contributed by atoms with Gasteiger partial charge in [0.1, 0.15) is 12.2 Å². The van der Waals surface area contributed by atoms with Gasteiger partial charge in [0.25, 0.3) is 0 Å². The van der Waals surface area contributed by atoms with E-state index in [0.717, 1.165) is 18.9 Å². The molecule has 0 aliphatic heterocycles. The lowest BCUT2D eigenvalue weighted by atomic mass is 10.2. The smallest absolute Gasteiger partial charge is 0.141 e. The molecule has 4 nitrogen and oxygen atoms in total. The molecular weight excluding hydrogens is 327 g/mol. The van der Waals surface area contributed by atoms with E-state index < -0.39 is 0 Å². The van der Waals surface area contributed by atoms with Gasteiger partial charge in [0.2, 0.25) is 0 Å². The normalized spacial score (nSPS) is 11.3. The molecule has 0 saturated heterocycles. The van der Waals surface area contributed by atoms with Crippen molar-refractivity contribution in [2.24, 2.45) is 0 Å². The average Bonchev–Trinajstić information content (AvgIpc) is 2.76. The van der Waals surface area contributed by atoms with Crippen molar-refractivity contribution in [2.45, 2.75) is 52.1 Å². The number of rotatable bonds is 9. The largest absolute Gasteiger partial charge is 0.310 e. The molecule has 98 valence electrons. The molecular formula is C12H23IN4. The number of alkyl halides is 1. The van der Waals surface area contributed by atoms with Crippen LogP contribution in [-0.4, -0.2) is 25.7 Å².